The van der Waals surface area contributed by atoms with Gasteiger partial charge in [-0.2, -0.15) is 0 Å². The Morgan fingerprint density at radius 3 is 2.35 bits per heavy atom. The van der Waals surface area contributed by atoms with E-state index in [0.717, 1.165) is 0 Å². The Morgan fingerprint density at radius 1 is 1.15 bits per heavy atom. The molecule has 0 aliphatic heterocycles. The van der Waals surface area contributed by atoms with E-state index in [1.165, 1.54) is 0 Å². The van der Waals surface area contributed by atoms with Crippen LogP contribution in [0.1, 0.15) is 34.6 Å². The molecule has 0 heterocycles. The van der Waals surface area contributed by atoms with Crippen molar-refractivity contribution in [3.8, 4) is 0 Å². The van der Waals surface area contributed by atoms with Crippen molar-refractivity contribution in [2.75, 3.05) is 33.4 Å². The van der Waals surface area contributed by atoms with Crippen LogP contribution in [-0.4, -0.2) is 57.3 Å². The average molecular weight is 290 g/mol. The predicted octanol–water partition coefficient (Wildman–Crippen LogP) is 1.54. The summed E-state index contributed by atoms with van der Waals surface area (Å²) in [5.41, 5.74) is -0.464. The van der Waals surface area contributed by atoms with Crippen molar-refractivity contribution < 1.29 is 19.0 Å². The average Bonchev–Trinajstić information content (AvgIpc) is 2.32. The molecule has 6 heteroatoms. The number of nitrogens with one attached hydrogen (secondary N) is 2. The van der Waals surface area contributed by atoms with Gasteiger partial charge in [0.05, 0.1) is 19.3 Å². The zero-order valence-corrected chi connectivity index (χ0v) is 13.6. The standard InChI is InChI=1S/C14H30N2O4/c1-11(12(2)19-10-9-18-6)15-7-8-16-13(17)20-14(3,4)5/h11-12,15H,7-10H2,1-6H3,(H,16,17)/t11-,12?/m0/s1. The Kier molecular flexibility index (Phi) is 9.54. The van der Waals surface area contributed by atoms with Gasteiger partial charge in [0, 0.05) is 26.2 Å². The minimum Gasteiger partial charge on any atom is -0.444 e. The van der Waals surface area contributed by atoms with Crippen molar-refractivity contribution in [2.24, 2.45) is 0 Å². The minimum absolute atomic E-state index is 0.0895. The second-order valence-electron chi connectivity index (χ2n) is 5.74. The molecule has 0 saturated carbocycles. The van der Waals surface area contributed by atoms with Gasteiger partial charge in [-0.25, -0.2) is 4.79 Å². The topological polar surface area (TPSA) is 68.8 Å². The highest BCUT2D eigenvalue weighted by molar-refractivity contribution is 5.67. The first-order valence-corrected chi connectivity index (χ1v) is 7.07. The van der Waals surface area contributed by atoms with Crippen molar-refractivity contribution in [1.82, 2.24) is 10.6 Å². The van der Waals surface area contributed by atoms with E-state index in [0.29, 0.717) is 26.3 Å². The van der Waals surface area contributed by atoms with Crippen LogP contribution >= 0.6 is 0 Å². The largest absolute Gasteiger partial charge is 0.444 e. The zero-order valence-electron chi connectivity index (χ0n) is 13.6. The van der Waals surface area contributed by atoms with Gasteiger partial charge >= 0.3 is 6.09 Å². The van der Waals surface area contributed by atoms with Crippen LogP contribution in [0.3, 0.4) is 0 Å². The summed E-state index contributed by atoms with van der Waals surface area (Å²) in [5.74, 6) is 0. The van der Waals surface area contributed by atoms with Crippen LogP contribution in [0.5, 0.6) is 0 Å². The molecule has 6 nitrogen and oxygen atoms in total. The summed E-state index contributed by atoms with van der Waals surface area (Å²) in [6.07, 6.45) is -0.303. The number of rotatable bonds is 9. The van der Waals surface area contributed by atoms with Crippen LogP contribution in [-0.2, 0) is 14.2 Å². The lowest BCUT2D eigenvalue weighted by Crippen LogP contribution is -2.42. The van der Waals surface area contributed by atoms with E-state index in [4.69, 9.17) is 14.2 Å². The molecule has 0 rings (SSSR count). The first-order valence-electron chi connectivity index (χ1n) is 7.07. The molecule has 2 atom stereocenters. The number of alkyl carbamates (subject to hydrolysis) is 1. The summed E-state index contributed by atoms with van der Waals surface area (Å²) in [6, 6.07) is 0.201. The van der Waals surface area contributed by atoms with Crippen molar-refractivity contribution in [3.05, 3.63) is 0 Å². The molecule has 0 saturated heterocycles. The minimum atomic E-state index is -0.464. The van der Waals surface area contributed by atoms with Crippen LogP contribution in [0.25, 0.3) is 0 Å². The quantitative estimate of drug-likeness (QED) is 0.630. The van der Waals surface area contributed by atoms with Gasteiger partial charge in [-0.1, -0.05) is 0 Å². The highest BCUT2D eigenvalue weighted by Gasteiger charge is 2.16. The molecular formula is C14H30N2O4. The van der Waals surface area contributed by atoms with Gasteiger partial charge in [0.25, 0.3) is 0 Å². The first kappa shape index (κ1) is 19.1. The summed E-state index contributed by atoms with van der Waals surface area (Å²) in [4.78, 5) is 11.4. The lowest BCUT2D eigenvalue weighted by molar-refractivity contribution is 0.0110. The summed E-state index contributed by atoms with van der Waals surface area (Å²) in [6.45, 7) is 11.9. The lowest BCUT2D eigenvalue weighted by Gasteiger charge is -2.22. The van der Waals surface area contributed by atoms with Gasteiger partial charge in [-0.15, -0.1) is 0 Å². The van der Waals surface area contributed by atoms with Gasteiger partial charge < -0.3 is 24.8 Å². The Morgan fingerprint density at radius 2 is 1.80 bits per heavy atom. The molecule has 0 aliphatic carbocycles. The Hall–Kier alpha value is -0.850. The molecule has 0 aromatic heterocycles. The molecule has 0 aromatic carbocycles. The Labute approximate surface area is 122 Å². The summed E-state index contributed by atoms with van der Waals surface area (Å²) in [7, 11) is 1.65. The van der Waals surface area contributed by atoms with Crippen molar-refractivity contribution in [3.63, 3.8) is 0 Å². The Balaban J connectivity index is 3.65. The zero-order chi connectivity index (χ0) is 15.6. The predicted molar refractivity (Wildman–Crippen MR) is 79.0 cm³/mol. The van der Waals surface area contributed by atoms with Gasteiger partial charge in [-0.05, 0) is 34.6 Å². The molecule has 2 N–H and O–H groups in total. The molecule has 0 bridgehead atoms. The molecule has 0 fully saturated rings. The third-order valence-electron chi connectivity index (χ3n) is 2.63. The third kappa shape index (κ3) is 11.0. The molecule has 120 valence electrons. The van der Waals surface area contributed by atoms with Crippen molar-refractivity contribution in [2.45, 2.75) is 52.4 Å². The van der Waals surface area contributed by atoms with E-state index in [2.05, 4.69) is 10.6 Å². The van der Waals surface area contributed by atoms with Crippen LogP contribution in [0, 0.1) is 0 Å². The van der Waals surface area contributed by atoms with E-state index in [-0.39, 0.29) is 12.1 Å². The number of methoxy groups -OCH3 is 1. The van der Waals surface area contributed by atoms with Crippen LogP contribution in [0.4, 0.5) is 4.79 Å². The lowest BCUT2D eigenvalue weighted by atomic mass is 10.2. The molecule has 0 radical (unpaired) electrons. The number of hydrogen-bond donors (Lipinski definition) is 2. The maximum Gasteiger partial charge on any atom is 0.407 e. The molecule has 1 unspecified atom stereocenters. The van der Waals surface area contributed by atoms with Crippen molar-refractivity contribution in [1.29, 1.82) is 0 Å². The molecule has 20 heavy (non-hydrogen) atoms. The fourth-order valence-corrected chi connectivity index (χ4v) is 1.41. The number of hydrogen-bond acceptors (Lipinski definition) is 5. The van der Waals surface area contributed by atoms with Gasteiger partial charge in [0.1, 0.15) is 5.60 Å². The van der Waals surface area contributed by atoms with Gasteiger partial charge in [0.2, 0.25) is 0 Å². The fraction of sp³-hybridized carbons (Fsp3) is 0.929. The third-order valence-corrected chi connectivity index (χ3v) is 2.63. The van der Waals surface area contributed by atoms with E-state index < -0.39 is 11.7 Å². The second kappa shape index (κ2) is 9.96. The maximum atomic E-state index is 11.4. The number of carbonyl (C=O) groups is 1. The fourth-order valence-electron chi connectivity index (χ4n) is 1.41. The number of amides is 1. The van der Waals surface area contributed by atoms with Gasteiger partial charge in [-0.3, -0.25) is 0 Å². The smallest absolute Gasteiger partial charge is 0.407 e. The molecule has 0 aromatic rings. The summed E-state index contributed by atoms with van der Waals surface area (Å²) < 4.78 is 15.7. The molecule has 0 aliphatic rings. The van der Waals surface area contributed by atoms with E-state index >= 15 is 0 Å². The van der Waals surface area contributed by atoms with E-state index in [1.807, 2.05) is 34.6 Å². The van der Waals surface area contributed by atoms with Crippen LogP contribution in [0.2, 0.25) is 0 Å². The number of ether oxygens (including phenoxy) is 3. The van der Waals surface area contributed by atoms with E-state index in [1.54, 1.807) is 7.11 Å². The normalized spacial score (nSPS) is 14.7. The second-order valence-corrected chi connectivity index (χ2v) is 5.74. The highest BCUT2D eigenvalue weighted by atomic mass is 16.6. The van der Waals surface area contributed by atoms with E-state index in [9.17, 15) is 4.79 Å². The van der Waals surface area contributed by atoms with Crippen LogP contribution in [0.15, 0.2) is 0 Å². The maximum absolute atomic E-state index is 11.4. The first-order chi connectivity index (χ1) is 9.26. The van der Waals surface area contributed by atoms with Crippen molar-refractivity contribution >= 4 is 6.09 Å². The Bertz CT molecular complexity index is 266. The summed E-state index contributed by atoms with van der Waals surface area (Å²) >= 11 is 0. The van der Waals surface area contributed by atoms with Crippen LogP contribution < -0.4 is 10.6 Å². The molecular weight excluding hydrogens is 260 g/mol. The monoisotopic (exact) mass is 290 g/mol. The van der Waals surface area contributed by atoms with Gasteiger partial charge in [0.15, 0.2) is 0 Å². The summed E-state index contributed by atoms with van der Waals surface area (Å²) in [5, 5.41) is 5.99. The highest BCUT2D eigenvalue weighted by Crippen LogP contribution is 2.06. The number of carbonyl (C=O) groups excluding carboxylic acids is 1. The molecule has 0 spiro atoms. The molecule has 1 amide bonds. The SMILES string of the molecule is COCCOC(C)[C@H](C)NCCNC(=O)OC(C)(C)C.